The highest BCUT2D eigenvalue weighted by Gasteiger charge is 2.38. The summed E-state index contributed by atoms with van der Waals surface area (Å²) in [6, 6.07) is 4.81. The fourth-order valence-corrected chi connectivity index (χ4v) is 3.54. The van der Waals surface area contributed by atoms with Crippen LogP contribution in [0.25, 0.3) is 0 Å². The summed E-state index contributed by atoms with van der Waals surface area (Å²) in [6.45, 7) is 3.54. The van der Waals surface area contributed by atoms with Gasteiger partial charge < -0.3 is 14.8 Å². The van der Waals surface area contributed by atoms with Crippen molar-refractivity contribution in [1.82, 2.24) is 0 Å². The van der Waals surface area contributed by atoms with E-state index in [-0.39, 0.29) is 11.9 Å². The first-order valence-corrected chi connectivity index (χ1v) is 9.26. The van der Waals surface area contributed by atoms with E-state index >= 15 is 0 Å². The Balaban J connectivity index is 2.55. The van der Waals surface area contributed by atoms with Gasteiger partial charge in [0.15, 0.2) is 0 Å². The van der Waals surface area contributed by atoms with E-state index in [1.165, 1.54) is 12.0 Å². The zero-order valence-electron chi connectivity index (χ0n) is 13.5. The molecule has 1 aliphatic rings. The smallest absolute Gasteiger partial charge is 0.415 e. The minimum Gasteiger partial charge on any atom is -0.494 e. The van der Waals surface area contributed by atoms with Crippen molar-refractivity contribution in [3.8, 4) is 5.75 Å². The van der Waals surface area contributed by atoms with Crippen LogP contribution in [0.3, 0.4) is 0 Å². The third-order valence-corrected chi connectivity index (χ3v) is 4.42. The molecule has 0 aromatic heterocycles. The molecule has 126 valence electrons. The standard InChI is InChI=1S/C15H20N2O4S2/c1-9(2)21-15(18)17-11(8-23(4)19)14(22)16-10-6-5-7-12(20-3)13(10)17/h5-7,9,11H,8H2,1-4H3,(H,16,22)/t11-,23?/m0/s1. The van der Waals surface area contributed by atoms with E-state index < -0.39 is 22.9 Å². The van der Waals surface area contributed by atoms with Crippen molar-refractivity contribution < 1.29 is 18.5 Å². The maximum Gasteiger partial charge on any atom is 0.415 e. The topological polar surface area (TPSA) is 67.9 Å². The van der Waals surface area contributed by atoms with Crippen LogP contribution in [0.2, 0.25) is 0 Å². The molecule has 1 aromatic rings. The molecule has 2 atom stereocenters. The van der Waals surface area contributed by atoms with Crippen molar-refractivity contribution >= 4 is 45.5 Å². The lowest BCUT2D eigenvalue weighted by atomic mass is 10.1. The van der Waals surface area contributed by atoms with Gasteiger partial charge in [-0.15, -0.1) is 0 Å². The highest BCUT2D eigenvalue weighted by atomic mass is 32.2. The number of hydrogen-bond acceptors (Lipinski definition) is 5. The number of nitrogens with zero attached hydrogens (tertiary/aromatic N) is 1. The molecule has 8 heteroatoms. The lowest BCUT2D eigenvalue weighted by Crippen LogP contribution is -2.53. The molecule has 0 spiro atoms. The van der Waals surface area contributed by atoms with E-state index in [0.29, 0.717) is 22.1 Å². The van der Waals surface area contributed by atoms with Crippen LogP contribution in [0.5, 0.6) is 5.75 Å². The molecule has 23 heavy (non-hydrogen) atoms. The van der Waals surface area contributed by atoms with Crippen LogP contribution in [0.15, 0.2) is 18.2 Å². The lowest BCUT2D eigenvalue weighted by molar-refractivity contribution is 0.122. The number of rotatable bonds is 4. The molecule has 2 rings (SSSR count). The molecule has 0 bridgehead atoms. The number of carbonyl (C=O) groups is 1. The van der Waals surface area contributed by atoms with Gasteiger partial charge >= 0.3 is 6.09 Å². The SMILES string of the molecule is COc1cccc2c1N(C(=O)OC(C)C)[C@@H](CS(C)=O)C(=S)N2. The fraction of sp³-hybridized carbons (Fsp3) is 0.467. The Bertz CT molecular complexity index is 648. The average Bonchev–Trinajstić information content (AvgIpc) is 2.46. The predicted octanol–water partition coefficient (Wildman–Crippen LogP) is 2.55. The third kappa shape index (κ3) is 3.81. The molecule has 1 amide bonds. The second-order valence-corrected chi connectivity index (χ2v) is 7.32. The molecule has 0 radical (unpaired) electrons. The number of carbonyl (C=O) groups excluding carboxylic acids is 1. The molecule has 0 saturated carbocycles. The van der Waals surface area contributed by atoms with Crippen molar-refractivity contribution in [3.05, 3.63) is 18.2 Å². The van der Waals surface area contributed by atoms with Crippen LogP contribution in [0.4, 0.5) is 16.2 Å². The second-order valence-electron chi connectivity index (χ2n) is 5.40. The molecule has 1 aromatic carbocycles. The Labute approximate surface area is 143 Å². The number of para-hydroxylation sites is 1. The zero-order chi connectivity index (χ0) is 17.1. The predicted molar refractivity (Wildman–Crippen MR) is 96.0 cm³/mol. The molecule has 1 aliphatic heterocycles. The molecule has 1 unspecified atom stereocenters. The van der Waals surface area contributed by atoms with Crippen LogP contribution in [-0.2, 0) is 15.5 Å². The van der Waals surface area contributed by atoms with E-state index in [1.807, 2.05) is 0 Å². The minimum atomic E-state index is -1.14. The monoisotopic (exact) mass is 356 g/mol. The van der Waals surface area contributed by atoms with Gasteiger partial charge in [0.25, 0.3) is 0 Å². The van der Waals surface area contributed by atoms with Crippen molar-refractivity contribution in [3.63, 3.8) is 0 Å². The molecule has 6 nitrogen and oxygen atoms in total. The minimum absolute atomic E-state index is 0.219. The van der Waals surface area contributed by atoms with Crippen molar-refractivity contribution in [2.45, 2.75) is 26.0 Å². The molecule has 1 N–H and O–H groups in total. The van der Waals surface area contributed by atoms with Crippen LogP contribution in [-0.4, -0.2) is 46.6 Å². The summed E-state index contributed by atoms with van der Waals surface area (Å²) in [7, 11) is 0.392. The first-order chi connectivity index (χ1) is 10.8. The number of hydrogen-bond donors (Lipinski definition) is 1. The van der Waals surface area contributed by atoms with Gasteiger partial charge in [0.05, 0.1) is 24.7 Å². The van der Waals surface area contributed by atoms with Crippen molar-refractivity contribution in [1.29, 1.82) is 0 Å². The second kappa shape index (κ2) is 7.27. The zero-order valence-corrected chi connectivity index (χ0v) is 15.1. The van der Waals surface area contributed by atoms with E-state index in [9.17, 15) is 9.00 Å². The van der Waals surface area contributed by atoms with Gasteiger partial charge in [0.2, 0.25) is 0 Å². The number of ether oxygens (including phenoxy) is 2. The highest BCUT2D eigenvalue weighted by Crippen LogP contribution is 2.41. The van der Waals surface area contributed by atoms with E-state index in [4.69, 9.17) is 21.7 Å². The maximum absolute atomic E-state index is 12.6. The summed E-state index contributed by atoms with van der Waals surface area (Å²) in [5, 5.41) is 3.10. The quantitative estimate of drug-likeness (QED) is 0.836. The number of thiocarbonyl (C=S) groups is 1. The summed E-state index contributed by atoms with van der Waals surface area (Å²) in [6.07, 6.45) is 0.758. The molecular formula is C15H20N2O4S2. The maximum atomic E-state index is 12.6. The van der Waals surface area contributed by atoms with Gasteiger partial charge in [0.1, 0.15) is 22.5 Å². The summed E-state index contributed by atoms with van der Waals surface area (Å²) in [5.74, 6) is 0.737. The van der Waals surface area contributed by atoms with Crippen molar-refractivity contribution in [2.24, 2.45) is 0 Å². The number of anilines is 2. The van der Waals surface area contributed by atoms with Crippen molar-refractivity contribution in [2.75, 3.05) is 29.3 Å². The Kier molecular flexibility index (Phi) is 5.59. The van der Waals surface area contributed by atoms with Gasteiger partial charge in [0, 0.05) is 17.1 Å². The summed E-state index contributed by atoms with van der Waals surface area (Å²) in [4.78, 5) is 14.5. The highest BCUT2D eigenvalue weighted by molar-refractivity contribution is 7.84. The summed E-state index contributed by atoms with van der Waals surface area (Å²) in [5.41, 5.74) is 1.21. The van der Waals surface area contributed by atoms with Gasteiger partial charge in [-0.3, -0.25) is 9.11 Å². The number of amides is 1. The Morgan fingerprint density at radius 1 is 1.48 bits per heavy atom. The molecule has 0 fully saturated rings. The summed E-state index contributed by atoms with van der Waals surface area (Å²) < 4.78 is 22.5. The first-order valence-electron chi connectivity index (χ1n) is 7.13. The normalized spacial score (nSPS) is 18.2. The van der Waals surface area contributed by atoms with E-state index in [0.717, 1.165) is 0 Å². The third-order valence-electron chi connectivity index (χ3n) is 3.26. The fourth-order valence-electron chi connectivity index (χ4n) is 2.38. The van der Waals surface area contributed by atoms with Gasteiger partial charge in [-0.25, -0.2) is 4.79 Å². The molecule has 0 saturated heterocycles. The largest absolute Gasteiger partial charge is 0.494 e. The molecule has 0 aliphatic carbocycles. The summed E-state index contributed by atoms with van der Waals surface area (Å²) >= 11 is 5.38. The number of benzene rings is 1. The number of fused-ring (bicyclic) bond motifs is 1. The van der Waals surface area contributed by atoms with E-state index in [2.05, 4.69) is 5.32 Å². The van der Waals surface area contributed by atoms with Crippen LogP contribution in [0, 0.1) is 0 Å². The number of methoxy groups -OCH3 is 1. The number of nitrogens with one attached hydrogen (secondary N) is 1. The average molecular weight is 356 g/mol. The Hall–Kier alpha value is -1.67. The lowest BCUT2D eigenvalue weighted by Gasteiger charge is -2.38. The van der Waals surface area contributed by atoms with Gasteiger partial charge in [-0.05, 0) is 26.0 Å². The Morgan fingerprint density at radius 2 is 2.17 bits per heavy atom. The van der Waals surface area contributed by atoms with E-state index in [1.54, 1.807) is 38.3 Å². The Morgan fingerprint density at radius 3 is 2.74 bits per heavy atom. The van der Waals surface area contributed by atoms with Crippen LogP contribution < -0.4 is 15.0 Å². The molecule has 1 heterocycles. The first kappa shape index (κ1) is 17.7. The van der Waals surface area contributed by atoms with Gasteiger partial charge in [-0.1, -0.05) is 18.3 Å². The molecular weight excluding hydrogens is 336 g/mol. The van der Waals surface area contributed by atoms with Crippen LogP contribution in [0.1, 0.15) is 13.8 Å². The van der Waals surface area contributed by atoms with Gasteiger partial charge in [-0.2, -0.15) is 0 Å². The van der Waals surface area contributed by atoms with Crippen LogP contribution >= 0.6 is 12.2 Å².